The highest BCUT2D eigenvalue weighted by Gasteiger charge is 2.21. The molecule has 1 unspecified atom stereocenters. The summed E-state index contributed by atoms with van der Waals surface area (Å²) < 4.78 is 30.7. The average molecular weight is 244 g/mol. The van der Waals surface area contributed by atoms with Crippen LogP contribution in [-0.4, -0.2) is 18.2 Å². The van der Waals surface area contributed by atoms with E-state index in [4.69, 9.17) is 9.84 Å². The van der Waals surface area contributed by atoms with Crippen LogP contribution in [0.25, 0.3) is 0 Å². The van der Waals surface area contributed by atoms with Crippen LogP contribution < -0.4 is 4.74 Å². The number of carbonyl (C=O) groups is 1. The Morgan fingerprint density at radius 2 is 2.12 bits per heavy atom. The Kier molecular flexibility index (Phi) is 4.43. The quantitative estimate of drug-likeness (QED) is 0.866. The number of alkyl halides is 2. The van der Waals surface area contributed by atoms with Gasteiger partial charge in [-0.1, -0.05) is 19.1 Å². The summed E-state index contributed by atoms with van der Waals surface area (Å²) in [6.45, 7) is 1.48. The molecule has 94 valence electrons. The SMILES string of the molecule is COc1cccc(CC(C)C(=O)O)c1C(F)F. The Bertz CT molecular complexity index is 405. The second kappa shape index (κ2) is 5.61. The Morgan fingerprint density at radius 1 is 1.47 bits per heavy atom. The summed E-state index contributed by atoms with van der Waals surface area (Å²) in [5.74, 6) is -1.62. The van der Waals surface area contributed by atoms with Gasteiger partial charge in [0.25, 0.3) is 6.43 Å². The van der Waals surface area contributed by atoms with Crippen molar-refractivity contribution in [3.05, 3.63) is 29.3 Å². The van der Waals surface area contributed by atoms with E-state index in [2.05, 4.69) is 0 Å². The number of hydrogen-bond acceptors (Lipinski definition) is 2. The Labute approximate surface area is 98.0 Å². The lowest BCUT2D eigenvalue weighted by Gasteiger charge is -2.14. The lowest BCUT2D eigenvalue weighted by Crippen LogP contribution is -2.13. The molecule has 0 spiro atoms. The van der Waals surface area contributed by atoms with Gasteiger partial charge in [0.1, 0.15) is 5.75 Å². The number of carboxylic acids is 1. The van der Waals surface area contributed by atoms with Gasteiger partial charge < -0.3 is 9.84 Å². The largest absolute Gasteiger partial charge is 0.496 e. The third kappa shape index (κ3) is 3.15. The second-order valence-corrected chi connectivity index (χ2v) is 3.78. The zero-order chi connectivity index (χ0) is 13.0. The number of aliphatic carboxylic acids is 1. The van der Waals surface area contributed by atoms with Gasteiger partial charge in [-0.2, -0.15) is 0 Å². The van der Waals surface area contributed by atoms with Crippen LogP contribution in [-0.2, 0) is 11.2 Å². The molecular weight excluding hydrogens is 230 g/mol. The molecule has 0 heterocycles. The maximum atomic E-state index is 12.9. The summed E-state index contributed by atoms with van der Waals surface area (Å²) in [6, 6.07) is 4.52. The lowest BCUT2D eigenvalue weighted by atomic mass is 9.96. The molecule has 17 heavy (non-hydrogen) atoms. The highest BCUT2D eigenvalue weighted by molar-refractivity contribution is 5.70. The maximum absolute atomic E-state index is 12.9. The number of carboxylic acid groups (broad SMARTS) is 1. The van der Waals surface area contributed by atoms with Gasteiger partial charge in [-0.25, -0.2) is 8.78 Å². The third-order valence-electron chi connectivity index (χ3n) is 2.54. The predicted octanol–water partition coefficient (Wildman–Crippen LogP) is 2.90. The minimum atomic E-state index is -2.68. The average Bonchev–Trinajstić information content (AvgIpc) is 2.27. The van der Waals surface area contributed by atoms with Crippen molar-refractivity contribution in [1.82, 2.24) is 0 Å². The van der Waals surface area contributed by atoms with E-state index in [1.54, 1.807) is 6.07 Å². The minimum Gasteiger partial charge on any atom is -0.496 e. The molecule has 0 bridgehead atoms. The van der Waals surface area contributed by atoms with E-state index in [0.717, 1.165) is 0 Å². The molecule has 0 fully saturated rings. The van der Waals surface area contributed by atoms with Gasteiger partial charge in [-0.05, 0) is 18.1 Å². The summed E-state index contributed by atoms with van der Waals surface area (Å²) in [6.07, 6.45) is -2.62. The van der Waals surface area contributed by atoms with E-state index in [1.807, 2.05) is 0 Å². The molecule has 0 aromatic heterocycles. The lowest BCUT2D eigenvalue weighted by molar-refractivity contribution is -0.141. The van der Waals surface area contributed by atoms with Gasteiger partial charge in [0, 0.05) is 0 Å². The summed E-state index contributed by atoms with van der Waals surface area (Å²) in [4.78, 5) is 10.7. The third-order valence-corrected chi connectivity index (χ3v) is 2.54. The number of halogens is 2. The van der Waals surface area contributed by atoms with Gasteiger partial charge in [0.2, 0.25) is 0 Å². The first-order valence-corrected chi connectivity index (χ1v) is 5.14. The van der Waals surface area contributed by atoms with E-state index in [0.29, 0.717) is 5.56 Å². The van der Waals surface area contributed by atoms with Crippen molar-refractivity contribution in [1.29, 1.82) is 0 Å². The second-order valence-electron chi connectivity index (χ2n) is 3.78. The molecule has 3 nitrogen and oxygen atoms in total. The Hall–Kier alpha value is -1.65. The Morgan fingerprint density at radius 3 is 2.59 bits per heavy atom. The van der Waals surface area contributed by atoms with E-state index in [-0.39, 0.29) is 17.7 Å². The zero-order valence-corrected chi connectivity index (χ0v) is 9.61. The summed E-state index contributed by atoms with van der Waals surface area (Å²) in [5.41, 5.74) is 0.0948. The molecule has 1 aromatic carbocycles. The number of rotatable bonds is 5. The molecule has 1 rings (SSSR count). The van der Waals surface area contributed by atoms with Crippen molar-refractivity contribution in [3.8, 4) is 5.75 Å². The van der Waals surface area contributed by atoms with Crippen LogP contribution in [0, 0.1) is 5.92 Å². The first-order valence-electron chi connectivity index (χ1n) is 5.14. The van der Waals surface area contributed by atoms with Crippen molar-refractivity contribution in [2.24, 2.45) is 5.92 Å². The van der Waals surface area contributed by atoms with Crippen LogP contribution >= 0.6 is 0 Å². The van der Waals surface area contributed by atoms with E-state index >= 15 is 0 Å². The molecule has 0 saturated heterocycles. The van der Waals surface area contributed by atoms with Gasteiger partial charge in [0.15, 0.2) is 0 Å². The zero-order valence-electron chi connectivity index (χ0n) is 9.61. The van der Waals surface area contributed by atoms with E-state index in [9.17, 15) is 13.6 Å². The van der Waals surface area contributed by atoms with E-state index in [1.165, 1.54) is 26.2 Å². The number of benzene rings is 1. The summed E-state index contributed by atoms with van der Waals surface area (Å²) in [7, 11) is 1.31. The molecule has 5 heteroatoms. The number of methoxy groups -OCH3 is 1. The molecule has 1 N–H and O–H groups in total. The van der Waals surface area contributed by atoms with Crippen molar-refractivity contribution < 1.29 is 23.4 Å². The fourth-order valence-corrected chi connectivity index (χ4v) is 1.61. The fraction of sp³-hybridized carbons (Fsp3) is 0.417. The van der Waals surface area contributed by atoms with Crippen LogP contribution in [0.1, 0.15) is 24.5 Å². The van der Waals surface area contributed by atoms with Crippen molar-refractivity contribution in [2.45, 2.75) is 19.8 Å². The predicted molar refractivity (Wildman–Crippen MR) is 58.5 cm³/mol. The van der Waals surface area contributed by atoms with E-state index < -0.39 is 18.3 Å². The molecule has 1 atom stereocenters. The monoisotopic (exact) mass is 244 g/mol. The fourth-order valence-electron chi connectivity index (χ4n) is 1.61. The molecule has 0 amide bonds. The molecule has 0 aliphatic rings. The maximum Gasteiger partial charge on any atom is 0.306 e. The van der Waals surface area contributed by atoms with Gasteiger partial charge in [0.05, 0.1) is 18.6 Å². The van der Waals surface area contributed by atoms with Crippen molar-refractivity contribution in [3.63, 3.8) is 0 Å². The van der Waals surface area contributed by atoms with Gasteiger partial charge in [-0.15, -0.1) is 0 Å². The smallest absolute Gasteiger partial charge is 0.306 e. The molecule has 0 aliphatic heterocycles. The molecule has 1 aromatic rings. The highest BCUT2D eigenvalue weighted by Crippen LogP contribution is 2.33. The van der Waals surface area contributed by atoms with Crippen LogP contribution in [0.5, 0.6) is 5.75 Å². The summed E-state index contributed by atoms with van der Waals surface area (Å²) >= 11 is 0. The number of hydrogen-bond donors (Lipinski definition) is 1. The van der Waals surface area contributed by atoms with Crippen LogP contribution in [0.3, 0.4) is 0 Å². The normalized spacial score (nSPS) is 12.5. The van der Waals surface area contributed by atoms with Crippen LogP contribution in [0.2, 0.25) is 0 Å². The standard InChI is InChI=1S/C12H14F2O3/c1-7(12(15)16)6-8-4-3-5-9(17-2)10(8)11(13)14/h3-5,7,11H,6H2,1-2H3,(H,15,16). The van der Waals surface area contributed by atoms with Gasteiger partial charge >= 0.3 is 5.97 Å². The summed E-state index contributed by atoms with van der Waals surface area (Å²) in [5, 5.41) is 8.78. The van der Waals surface area contributed by atoms with Crippen LogP contribution in [0.4, 0.5) is 8.78 Å². The minimum absolute atomic E-state index is 0.0617. The first-order chi connectivity index (χ1) is 7.97. The van der Waals surface area contributed by atoms with Crippen molar-refractivity contribution in [2.75, 3.05) is 7.11 Å². The van der Waals surface area contributed by atoms with Crippen molar-refractivity contribution >= 4 is 5.97 Å². The molecular formula is C12H14F2O3. The number of ether oxygens (including phenoxy) is 1. The Balaban J connectivity index is 3.10. The highest BCUT2D eigenvalue weighted by atomic mass is 19.3. The van der Waals surface area contributed by atoms with Gasteiger partial charge in [-0.3, -0.25) is 4.79 Å². The van der Waals surface area contributed by atoms with Crippen LogP contribution in [0.15, 0.2) is 18.2 Å². The first kappa shape index (κ1) is 13.4. The molecule has 0 radical (unpaired) electrons. The topological polar surface area (TPSA) is 46.5 Å². The molecule has 0 aliphatic carbocycles. The molecule has 0 saturated carbocycles.